The predicted molar refractivity (Wildman–Crippen MR) is 76.3 cm³/mol. The second-order valence-corrected chi connectivity index (χ2v) is 5.39. The number of anilines is 2. The van der Waals surface area contributed by atoms with E-state index in [4.69, 9.17) is 5.73 Å². The van der Waals surface area contributed by atoms with Crippen molar-refractivity contribution >= 4 is 49.1 Å². The van der Waals surface area contributed by atoms with Crippen molar-refractivity contribution in [3.63, 3.8) is 0 Å². The second-order valence-electron chi connectivity index (χ2n) is 3.62. The van der Waals surface area contributed by atoms with Crippen LogP contribution in [0.25, 0.3) is 0 Å². The summed E-state index contributed by atoms with van der Waals surface area (Å²) in [7, 11) is 0. The molecule has 0 aliphatic carbocycles. The Morgan fingerprint density at radius 1 is 1.42 bits per heavy atom. The highest BCUT2D eigenvalue weighted by atomic mass is 79.9. The van der Waals surface area contributed by atoms with Gasteiger partial charge in [0, 0.05) is 8.95 Å². The Bertz CT molecular complexity index is 435. The van der Waals surface area contributed by atoms with E-state index in [2.05, 4.69) is 41.9 Å². The van der Waals surface area contributed by atoms with Gasteiger partial charge < -0.3 is 15.8 Å². The molecule has 0 aromatic heterocycles. The van der Waals surface area contributed by atoms with Gasteiger partial charge in [-0.2, -0.15) is 0 Å². The molecule has 1 aromatic carbocycles. The molecule has 0 spiro atoms. The van der Waals surface area contributed by atoms with Crippen LogP contribution in [0, 0.1) is 0 Å². The molecule has 1 amide bonds. The summed E-state index contributed by atoms with van der Waals surface area (Å²) in [6, 6.07) is 3.38. The zero-order valence-corrected chi connectivity index (χ0v) is 12.9. The minimum Gasteiger partial charge on any atom is -0.397 e. The number of rotatable bonds is 6. The van der Waals surface area contributed by atoms with Crippen LogP contribution in [0.4, 0.5) is 20.2 Å². The van der Waals surface area contributed by atoms with Crippen molar-refractivity contribution in [3.8, 4) is 0 Å². The predicted octanol–water partition coefficient (Wildman–Crippen LogP) is 3.40. The molecule has 1 rings (SSSR count). The van der Waals surface area contributed by atoms with Crippen LogP contribution in [0.3, 0.4) is 0 Å². The molecule has 0 unspecified atom stereocenters. The molecule has 0 atom stereocenters. The maximum absolute atomic E-state index is 11.8. The quantitative estimate of drug-likeness (QED) is 0.567. The van der Waals surface area contributed by atoms with Crippen LogP contribution in [-0.4, -0.2) is 25.5 Å². The lowest BCUT2D eigenvalue weighted by Gasteiger charge is -2.11. The van der Waals surface area contributed by atoms with Gasteiger partial charge in [0.2, 0.25) is 5.91 Å². The van der Waals surface area contributed by atoms with E-state index in [0.29, 0.717) is 15.8 Å². The third kappa shape index (κ3) is 5.84. The molecule has 0 radical (unpaired) electrons. The van der Waals surface area contributed by atoms with E-state index in [1.165, 1.54) is 0 Å². The fourth-order valence-electron chi connectivity index (χ4n) is 1.26. The van der Waals surface area contributed by atoms with E-state index in [9.17, 15) is 13.6 Å². The Labute approximate surface area is 125 Å². The van der Waals surface area contributed by atoms with E-state index in [-0.39, 0.29) is 18.9 Å². The van der Waals surface area contributed by atoms with Gasteiger partial charge in [-0.3, -0.25) is 4.79 Å². The summed E-state index contributed by atoms with van der Waals surface area (Å²) < 4.78 is 29.6. The maximum Gasteiger partial charge on any atom is 0.261 e. The number of nitrogens with one attached hydrogen (secondary N) is 1. The first-order valence-electron chi connectivity index (χ1n) is 5.30. The first kappa shape index (κ1) is 16.3. The number of carbonyl (C=O) groups is 1. The molecular formula is C11H12Br2F2N2O2. The van der Waals surface area contributed by atoms with Crippen LogP contribution in [0.5, 0.6) is 0 Å². The molecule has 0 fully saturated rings. The molecule has 106 valence electrons. The number of nitrogens with two attached hydrogens (primary N) is 1. The molecule has 8 heteroatoms. The summed E-state index contributed by atoms with van der Waals surface area (Å²) in [6.45, 7) is -0.735. The third-order valence-corrected chi connectivity index (χ3v) is 3.15. The van der Waals surface area contributed by atoms with Crippen molar-refractivity contribution in [1.82, 2.24) is 0 Å². The van der Waals surface area contributed by atoms with Crippen LogP contribution < -0.4 is 11.1 Å². The van der Waals surface area contributed by atoms with Gasteiger partial charge in [0.1, 0.15) is 6.61 Å². The van der Waals surface area contributed by atoms with Crippen LogP contribution in [0.15, 0.2) is 21.1 Å². The number of carbonyl (C=O) groups excluding carboxylic acids is 1. The number of hydrogen-bond acceptors (Lipinski definition) is 3. The highest BCUT2D eigenvalue weighted by Gasteiger charge is 2.10. The molecule has 3 N–H and O–H groups in total. The molecule has 19 heavy (non-hydrogen) atoms. The normalized spacial score (nSPS) is 10.8. The van der Waals surface area contributed by atoms with E-state index in [0.717, 1.165) is 4.47 Å². The van der Waals surface area contributed by atoms with Gasteiger partial charge in [-0.1, -0.05) is 15.9 Å². The number of halogens is 4. The van der Waals surface area contributed by atoms with Crippen molar-refractivity contribution in [2.24, 2.45) is 0 Å². The Hall–Kier alpha value is -0.730. The van der Waals surface area contributed by atoms with Crippen molar-refractivity contribution in [3.05, 3.63) is 21.1 Å². The molecule has 1 aromatic rings. The number of hydrogen-bond donors (Lipinski definition) is 2. The smallest absolute Gasteiger partial charge is 0.261 e. The molecule has 0 saturated carbocycles. The lowest BCUT2D eigenvalue weighted by molar-refractivity contribution is -0.117. The minimum absolute atomic E-state index is 0.0192. The van der Waals surface area contributed by atoms with E-state index >= 15 is 0 Å². The van der Waals surface area contributed by atoms with Gasteiger partial charge in [0.25, 0.3) is 6.43 Å². The first-order valence-corrected chi connectivity index (χ1v) is 6.89. The van der Waals surface area contributed by atoms with Gasteiger partial charge in [-0.05, 0) is 28.1 Å². The van der Waals surface area contributed by atoms with Gasteiger partial charge in [0.15, 0.2) is 0 Å². The summed E-state index contributed by atoms with van der Waals surface area (Å²) in [5, 5.41) is 2.59. The summed E-state index contributed by atoms with van der Waals surface area (Å²) >= 11 is 6.54. The van der Waals surface area contributed by atoms with E-state index < -0.39 is 13.0 Å². The minimum atomic E-state index is -2.53. The van der Waals surface area contributed by atoms with Crippen molar-refractivity contribution in [2.75, 3.05) is 24.3 Å². The number of nitrogen functional groups attached to an aromatic ring is 1. The Balaban J connectivity index is 2.49. The number of benzene rings is 1. The van der Waals surface area contributed by atoms with Crippen molar-refractivity contribution < 1.29 is 18.3 Å². The third-order valence-electron chi connectivity index (χ3n) is 2.07. The maximum atomic E-state index is 11.8. The summed E-state index contributed by atoms with van der Waals surface area (Å²) in [6.07, 6.45) is -2.55. The van der Waals surface area contributed by atoms with Crippen molar-refractivity contribution in [2.45, 2.75) is 12.8 Å². The Morgan fingerprint density at radius 3 is 2.68 bits per heavy atom. The number of alkyl halides is 2. The molecular weight excluding hydrogens is 390 g/mol. The second kappa shape index (κ2) is 7.76. The van der Waals surface area contributed by atoms with Gasteiger partial charge in [0.05, 0.1) is 24.4 Å². The fourth-order valence-corrected chi connectivity index (χ4v) is 2.62. The fraction of sp³-hybridized carbons (Fsp3) is 0.364. The Morgan fingerprint density at radius 2 is 2.11 bits per heavy atom. The molecule has 4 nitrogen and oxygen atoms in total. The summed E-state index contributed by atoms with van der Waals surface area (Å²) in [5.41, 5.74) is 6.60. The highest BCUT2D eigenvalue weighted by molar-refractivity contribution is 9.11. The summed E-state index contributed by atoms with van der Waals surface area (Å²) in [5.74, 6) is -0.357. The summed E-state index contributed by atoms with van der Waals surface area (Å²) in [4.78, 5) is 11.6. The van der Waals surface area contributed by atoms with E-state index in [1.807, 2.05) is 0 Å². The standard InChI is InChI=1S/C11H12Br2F2N2O2/c12-6-3-7(13)11(8(16)4-6)17-10(18)1-2-19-5-9(14)15/h3-4,9H,1-2,5,16H2,(H,17,18). The molecule has 0 aliphatic heterocycles. The molecule has 0 saturated heterocycles. The van der Waals surface area contributed by atoms with Crippen LogP contribution in [-0.2, 0) is 9.53 Å². The van der Waals surface area contributed by atoms with Crippen LogP contribution in [0.2, 0.25) is 0 Å². The SMILES string of the molecule is Nc1cc(Br)cc(Br)c1NC(=O)CCOCC(F)F. The van der Waals surface area contributed by atoms with Crippen molar-refractivity contribution in [1.29, 1.82) is 0 Å². The average molecular weight is 402 g/mol. The number of amides is 1. The topological polar surface area (TPSA) is 64.3 Å². The Kier molecular flexibility index (Phi) is 6.67. The molecule has 0 heterocycles. The lowest BCUT2D eigenvalue weighted by atomic mass is 10.2. The van der Waals surface area contributed by atoms with Gasteiger partial charge >= 0.3 is 0 Å². The first-order chi connectivity index (χ1) is 8.90. The zero-order valence-electron chi connectivity index (χ0n) is 9.76. The zero-order chi connectivity index (χ0) is 14.4. The highest BCUT2D eigenvalue weighted by Crippen LogP contribution is 2.32. The number of ether oxygens (including phenoxy) is 1. The monoisotopic (exact) mass is 400 g/mol. The molecule has 0 aliphatic rings. The average Bonchev–Trinajstić information content (AvgIpc) is 2.29. The van der Waals surface area contributed by atoms with Crippen LogP contribution in [0.1, 0.15) is 6.42 Å². The van der Waals surface area contributed by atoms with Gasteiger partial charge in [-0.25, -0.2) is 8.78 Å². The van der Waals surface area contributed by atoms with Gasteiger partial charge in [-0.15, -0.1) is 0 Å². The lowest BCUT2D eigenvalue weighted by Crippen LogP contribution is -2.16. The molecule has 0 bridgehead atoms. The largest absolute Gasteiger partial charge is 0.397 e. The van der Waals surface area contributed by atoms with E-state index in [1.54, 1.807) is 12.1 Å². The van der Waals surface area contributed by atoms with Crippen LogP contribution >= 0.6 is 31.9 Å².